The van der Waals surface area contributed by atoms with Gasteiger partial charge in [0.25, 0.3) is 11.6 Å². The summed E-state index contributed by atoms with van der Waals surface area (Å²) >= 11 is 1.41. The highest BCUT2D eigenvalue weighted by molar-refractivity contribution is 7.17. The average Bonchev–Trinajstić information content (AvgIpc) is 3.03. The van der Waals surface area contributed by atoms with Gasteiger partial charge >= 0.3 is 0 Å². The fourth-order valence-corrected chi connectivity index (χ4v) is 4.79. The third-order valence-corrected chi connectivity index (χ3v) is 6.11. The minimum Gasteiger partial charge on any atom is -0.365 e. The molecular weight excluding hydrogens is 378 g/mol. The third kappa shape index (κ3) is 4.28. The van der Waals surface area contributed by atoms with Crippen molar-refractivity contribution in [3.63, 3.8) is 0 Å². The number of benzene rings is 1. The van der Waals surface area contributed by atoms with E-state index in [2.05, 4.69) is 12.2 Å². The zero-order chi connectivity index (χ0) is 20.3. The minimum absolute atomic E-state index is 0.0463. The molecule has 0 saturated heterocycles. The van der Waals surface area contributed by atoms with Crippen LogP contribution in [0.1, 0.15) is 46.1 Å². The van der Waals surface area contributed by atoms with Gasteiger partial charge in [0, 0.05) is 23.1 Å². The highest BCUT2D eigenvalue weighted by Crippen LogP contribution is 2.40. The molecule has 0 unspecified atom stereocenters. The molecule has 1 aromatic heterocycles. The van der Waals surface area contributed by atoms with Crippen LogP contribution < -0.4 is 11.1 Å². The van der Waals surface area contributed by atoms with Crippen LogP contribution in [0.2, 0.25) is 0 Å². The van der Waals surface area contributed by atoms with Crippen LogP contribution >= 0.6 is 11.3 Å². The minimum atomic E-state index is -0.537. The molecule has 0 radical (unpaired) electrons. The van der Waals surface area contributed by atoms with Gasteiger partial charge in [0.1, 0.15) is 5.00 Å². The standard InChI is InChI=1S/C20H21N3O4S/c1-2-12-6-8-15-16(11-12)28-20(18(15)19(21)25)22-17(24)9-7-13-4-3-5-14(10-13)23(26)27/h3-5,7,9-10,12H,2,6,8,11H2,1H3,(H2,21,25)(H,22,24)/b9-7-/t12-/m0/s1. The number of non-ortho nitro benzene ring substituents is 1. The summed E-state index contributed by atoms with van der Waals surface area (Å²) in [6, 6.07) is 5.99. The number of amides is 2. The molecule has 1 atom stereocenters. The van der Waals surface area contributed by atoms with E-state index < -0.39 is 16.7 Å². The molecule has 0 spiro atoms. The largest absolute Gasteiger partial charge is 0.365 e. The third-order valence-electron chi connectivity index (χ3n) is 4.94. The van der Waals surface area contributed by atoms with Crippen LogP contribution in [0.25, 0.3) is 6.08 Å². The molecule has 2 aromatic rings. The summed E-state index contributed by atoms with van der Waals surface area (Å²) in [4.78, 5) is 35.8. The lowest BCUT2D eigenvalue weighted by molar-refractivity contribution is -0.384. The number of rotatable bonds is 6. The molecule has 28 heavy (non-hydrogen) atoms. The quantitative estimate of drug-likeness (QED) is 0.435. The summed E-state index contributed by atoms with van der Waals surface area (Å²) in [6.45, 7) is 2.15. The van der Waals surface area contributed by atoms with Crippen molar-refractivity contribution in [2.24, 2.45) is 11.7 Å². The van der Waals surface area contributed by atoms with Crippen LogP contribution in [0.5, 0.6) is 0 Å². The molecule has 1 aliphatic carbocycles. The summed E-state index contributed by atoms with van der Waals surface area (Å²) in [5.74, 6) is -0.366. The number of carbonyl (C=O) groups is 2. The van der Waals surface area contributed by atoms with E-state index in [-0.39, 0.29) is 5.69 Å². The Hall–Kier alpha value is -3.00. The Morgan fingerprint density at radius 2 is 2.21 bits per heavy atom. The summed E-state index contributed by atoms with van der Waals surface area (Å²) in [5, 5.41) is 14.1. The number of hydrogen-bond donors (Lipinski definition) is 2. The molecule has 146 valence electrons. The lowest BCUT2D eigenvalue weighted by atomic mass is 9.85. The predicted molar refractivity (Wildman–Crippen MR) is 109 cm³/mol. The fourth-order valence-electron chi connectivity index (χ4n) is 3.42. The van der Waals surface area contributed by atoms with Crippen molar-refractivity contribution in [1.29, 1.82) is 0 Å². The second-order valence-corrected chi connectivity index (χ2v) is 7.87. The van der Waals surface area contributed by atoms with E-state index in [1.54, 1.807) is 12.1 Å². The lowest BCUT2D eigenvalue weighted by Gasteiger charge is -2.20. The average molecular weight is 399 g/mol. The summed E-state index contributed by atoms with van der Waals surface area (Å²) < 4.78 is 0. The smallest absolute Gasteiger partial charge is 0.270 e. The van der Waals surface area contributed by atoms with Crippen molar-refractivity contribution in [3.05, 3.63) is 62.0 Å². The first-order valence-corrected chi connectivity index (χ1v) is 9.88. The van der Waals surface area contributed by atoms with E-state index in [1.165, 1.54) is 35.6 Å². The number of nitro benzene ring substituents is 1. The maximum Gasteiger partial charge on any atom is 0.270 e. The van der Waals surface area contributed by atoms with Crippen molar-refractivity contribution in [2.45, 2.75) is 32.6 Å². The van der Waals surface area contributed by atoms with Gasteiger partial charge in [-0.2, -0.15) is 0 Å². The highest BCUT2D eigenvalue weighted by Gasteiger charge is 2.27. The first-order valence-electron chi connectivity index (χ1n) is 9.06. The van der Waals surface area contributed by atoms with Crippen LogP contribution in [0.3, 0.4) is 0 Å². The fraction of sp³-hybridized carbons (Fsp3) is 0.300. The Morgan fingerprint density at radius 1 is 1.43 bits per heavy atom. The van der Waals surface area contributed by atoms with Gasteiger partial charge in [-0.15, -0.1) is 11.3 Å². The number of nitrogens with two attached hydrogens (primary N) is 1. The summed E-state index contributed by atoms with van der Waals surface area (Å²) in [5.41, 5.74) is 7.43. The van der Waals surface area contributed by atoms with Gasteiger partial charge in [-0.3, -0.25) is 19.7 Å². The molecule has 0 saturated carbocycles. The number of carbonyl (C=O) groups excluding carboxylic acids is 2. The van der Waals surface area contributed by atoms with Gasteiger partial charge in [0.2, 0.25) is 5.91 Å². The number of nitro groups is 1. The molecule has 1 aromatic carbocycles. The number of nitrogens with zero attached hydrogens (tertiary/aromatic N) is 1. The second-order valence-electron chi connectivity index (χ2n) is 6.76. The van der Waals surface area contributed by atoms with E-state index in [4.69, 9.17) is 5.73 Å². The van der Waals surface area contributed by atoms with Crippen LogP contribution in [-0.2, 0) is 17.6 Å². The number of hydrogen-bond acceptors (Lipinski definition) is 5. The summed E-state index contributed by atoms with van der Waals surface area (Å²) in [7, 11) is 0. The molecule has 3 N–H and O–H groups in total. The lowest BCUT2D eigenvalue weighted by Crippen LogP contribution is -2.19. The van der Waals surface area contributed by atoms with E-state index in [0.717, 1.165) is 36.1 Å². The van der Waals surface area contributed by atoms with E-state index >= 15 is 0 Å². The predicted octanol–water partition coefficient (Wildman–Crippen LogP) is 3.92. The van der Waals surface area contributed by atoms with Gasteiger partial charge in [-0.25, -0.2) is 0 Å². The highest BCUT2D eigenvalue weighted by atomic mass is 32.1. The number of primary amides is 1. The second kappa shape index (κ2) is 8.35. The molecule has 7 nitrogen and oxygen atoms in total. The normalized spacial score (nSPS) is 16.0. The Labute approximate surface area is 166 Å². The number of anilines is 1. The number of fused-ring (bicyclic) bond motifs is 1. The van der Waals surface area contributed by atoms with Crippen molar-refractivity contribution >= 4 is 39.9 Å². The number of thiophene rings is 1. The molecule has 0 fully saturated rings. The van der Waals surface area contributed by atoms with Gasteiger partial charge in [0.15, 0.2) is 0 Å². The van der Waals surface area contributed by atoms with Gasteiger partial charge in [-0.1, -0.05) is 25.5 Å². The Bertz CT molecular complexity index is 964. The molecule has 8 heteroatoms. The van der Waals surface area contributed by atoms with Crippen LogP contribution in [0.15, 0.2) is 30.3 Å². The SMILES string of the molecule is CC[C@H]1CCc2c(sc(NC(=O)/C=C\c3cccc([N+](=O)[O-])c3)c2C(N)=O)C1. The Morgan fingerprint density at radius 3 is 2.89 bits per heavy atom. The van der Waals surface area contributed by atoms with Crippen LogP contribution in [0, 0.1) is 16.0 Å². The first-order chi connectivity index (χ1) is 13.4. The van der Waals surface area contributed by atoms with Crippen molar-refractivity contribution in [1.82, 2.24) is 0 Å². The van der Waals surface area contributed by atoms with E-state index in [0.29, 0.717) is 22.0 Å². The zero-order valence-corrected chi connectivity index (χ0v) is 16.3. The number of nitrogens with one attached hydrogen (secondary N) is 1. The van der Waals surface area contributed by atoms with E-state index in [1.807, 2.05) is 0 Å². The monoisotopic (exact) mass is 399 g/mol. The first kappa shape index (κ1) is 19.8. The molecule has 2 amide bonds. The Kier molecular flexibility index (Phi) is 5.89. The van der Waals surface area contributed by atoms with E-state index in [9.17, 15) is 19.7 Å². The van der Waals surface area contributed by atoms with Crippen molar-refractivity contribution in [2.75, 3.05) is 5.32 Å². The molecular formula is C20H21N3O4S. The molecule has 0 aliphatic heterocycles. The van der Waals surface area contributed by atoms with Gasteiger partial charge < -0.3 is 11.1 Å². The molecule has 1 aliphatic rings. The molecule has 3 rings (SSSR count). The van der Waals surface area contributed by atoms with Crippen molar-refractivity contribution in [3.8, 4) is 0 Å². The van der Waals surface area contributed by atoms with Crippen LogP contribution in [0.4, 0.5) is 10.7 Å². The maximum atomic E-state index is 12.3. The Balaban J connectivity index is 1.79. The zero-order valence-electron chi connectivity index (χ0n) is 15.4. The van der Waals surface area contributed by atoms with Crippen molar-refractivity contribution < 1.29 is 14.5 Å². The topological polar surface area (TPSA) is 115 Å². The molecule has 1 heterocycles. The van der Waals surface area contributed by atoms with Crippen LogP contribution in [-0.4, -0.2) is 16.7 Å². The maximum absolute atomic E-state index is 12.3. The van der Waals surface area contributed by atoms with Gasteiger partial charge in [0.05, 0.1) is 10.5 Å². The molecule has 0 bridgehead atoms. The van der Waals surface area contributed by atoms with Gasteiger partial charge in [-0.05, 0) is 42.4 Å². The summed E-state index contributed by atoms with van der Waals surface area (Å²) in [6.07, 6.45) is 6.57.